The molecule has 2 saturated heterocycles. The van der Waals surface area contributed by atoms with E-state index >= 15 is 0 Å². The Morgan fingerprint density at radius 3 is 2.93 bits per heavy atom. The molecule has 1 amide bonds. The molecule has 9 heteroatoms. The van der Waals surface area contributed by atoms with Crippen molar-refractivity contribution in [1.29, 1.82) is 0 Å². The van der Waals surface area contributed by atoms with Crippen molar-refractivity contribution in [2.45, 2.75) is 45.1 Å². The van der Waals surface area contributed by atoms with Gasteiger partial charge < -0.3 is 20.3 Å². The second kappa shape index (κ2) is 9.04. The summed E-state index contributed by atoms with van der Waals surface area (Å²) in [6.07, 6.45) is 4.76. The van der Waals surface area contributed by atoms with Gasteiger partial charge in [-0.2, -0.15) is 0 Å². The number of nitrogens with one attached hydrogen (secondary N) is 2. The lowest BCUT2D eigenvalue weighted by Crippen LogP contribution is -2.37. The number of hydrogen-bond donors (Lipinski definition) is 2. The average molecular weight is 417 g/mol. The van der Waals surface area contributed by atoms with Crippen LogP contribution in [0.3, 0.4) is 0 Å². The summed E-state index contributed by atoms with van der Waals surface area (Å²) in [6, 6.07) is 2.10. The van der Waals surface area contributed by atoms with E-state index in [-0.39, 0.29) is 11.9 Å². The number of amides is 1. The third kappa shape index (κ3) is 4.67. The van der Waals surface area contributed by atoms with Gasteiger partial charge in [-0.3, -0.25) is 4.79 Å². The molecule has 0 aromatic carbocycles. The molecule has 0 saturated carbocycles. The predicted molar refractivity (Wildman–Crippen MR) is 114 cm³/mol. The first-order chi connectivity index (χ1) is 14.1. The zero-order valence-corrected chi connectivity index (χ0v) is 17.8. The van der Waals surface area contributed by atoms with Crippen molar-refractivity contribution >= 4 is 28.3 Å². The van der Waals surface area contributed by atoms with E-state index < -0.39 is 0 Å². The highest BCUT2D eigenvalue weighted by Crippen LogP contribution is 2.27. The van der Waals surface area contributed by atoms with E-state index in [0.29, 0.717) is 10.8 Å². The molecule has 0 bridgehead atoms. The Morgan fingerprint density at radius 2 is 2.14 bits per heavy atom. The maximum absolute atomic E-state index is 12.7. The first kappa shape index (κ1) is 20.0. The molecular weight excluding hydrogens is 388 g/mol. The summed E-state index contributed by atoms with van der Waals surface area (Å²) < 4.78 is 5.46. The van der Waals surface area contributed by atoms with E-state index in [2.05, 4.69) is 25.5 Å². The van der Waals surface area contributed by atoms with Crippen molar-refractivity contribution in [1.82, 2.24) is 20.3 Å². The molecule has 29 heavy (non-hydrogen) atoms. The van der Waals surface area contributed by atoms with Gasteiger partial charge in [-0.05, 0) is 39.2 Å². The van der Waals surface area contributed by atoms with Crippen LogP contribution in [0.2, 0.25) is 0 Å². The molecule has 4 rings (SSSR count). The van der Waals surface area contributed by atoms with Crippen LogP contribution in [-0.2, 0) is 4.74 Å². The zero-order chi connectivity index (χ0) is 20.2. The third-order valence-electron chi connectivity index (χ3n) is 5.44. The molecule has 2 aromatic heterocycles. The summed E-state index contributed by atoms with van der Waals surface area (Å²) in [5, 5.41) is 7.13. The largest absolute Gasteiger partial charge is 0.381 e. The predicted octanol–water partition coefficient (Wildman–Crippen LogP) is 2.58. The number of rotatable bonds is 6. The van der Waals surface area contributed by atoms with E-state index in [9.17, 15) is 4.79 Å². The van der Waals surface area contributed by atoms with E-state index in [1.54, 1.807) is 0 Å². The van der Waals surface area contributed by atoms with Crippen LogP contribution in [0.4, 0.5) is 11.1 Å². The minimum Gasteiger partial charge on any atom is -0.381 e. The number of nitrogens with zero attached hydrogens (tertiary/aromatic N) is 4. The molecule has 8 nitrogen and oxygen atoms in total. The fraction of sp³-hybridized carbons (Fsp3) is 0.600. The van der Waals surface area contributed by atoms with Crippen molar-refractivity contribution in [3.63, 3.8) is 0 Å². The Kier molecular flexibility index (Phi) is 6.25. The minimum atomic E-state index is -0.0483. The molecule has 2 aliphatic heterocycles. The molecule has 156 valence electrons. The lowest BCUT2D eigenvalue weighted by molar-refractivity contribution is 0.0845. The number of anilines is 2. The molecule has 1 atom stereocenters. The summed E-state index contributed by atoms with van der Waals surface area (Å²) in [6.45, 7) is 7.85. The molecule has 0 radical (unpaired) electrons. The van der Waals surface area contributed by atoms with Crippen LogP contribution in [-0.4, -0.2) is 59.7 Å². The topological polar surface area (TPSA) is 92.3 Å². The molecule has 2 aromatic rings. The molecule has 2 aliphatic rings. The van der Waals surface area contributed by atoms with Crippen LogP contribution >= 0.6 is 11.3 Å². The fourth-order valence-corrected chi connectivity index (χ4v) is 4.82. The summed E-state index contributed by atoms with van der Waals surface area (Å²) in [7, 11) is 0. The zero-order valence-electron chi connectivity index (χ0n) is 17.0. The molecular formula is C20H28N6O2S. The van der Waals surface area contributed by atoms with Gasteiger partial charge in [-0.1, -0.05) is 11.3 Å². The maximum Gasteiger partial charge on any atom is 0.263 e. The van der Waals surface area contributed by atoms with Crippen molar-refractivity contribution in [2.24, 2.45) is 0 Å². The number of aromatic nitrogens is 3. The summed E-state index contributed by atoms with van der Waals surface area (Å²) >= 11 is 1.41. The number of ether oxygens (including phenoxy) is 1. The van der Waals surface area contributed by atoms with Gasteiger partial charge in [0.05, 0.1) is 5.69 Å². The number of carbonyl (C=O) groups is 1. The second-order valence-electron chi connectivity index (χ2n) is 7.54. The Balaban J connectivity index is 1.37. The van der Waals surface area contributed by atoms with Crippen LogP contribution in [0.15, 0.2) is 12.3 Å². The highest BCUT2D eigenvalue weighted by Gasteiger charge is 2.28. The summed E-state index contributed by atoms with van der Waals surface area (Å²) in [4.78, 5) is 29.3. The summed E-state index contributed by atoms with van der Waals surface area (Å²) in [5.74, 6) is 1.16. The smallest absolute Gasteiger partial charge is 0.263 e. The Labute approximate surface area is 175 Å². The molecule has 0 aliphatic carbocycles. The molecule has 0 spiro atoms. The first-order valence-corrected chi connectivity index (χ1v) is 11.1. The Morgan fingerprint density at radius 1 is 1.31 bits per heavy atom. The monoisotopic (exact) mass is 416 g/mol. The lowest BCUT2D eigenvalue weighted by Gasteiger charge is -2.23. The second-order valence-corrected chi connectivity index (χ2v) is 8.54. The van der Waals surface area contributed by atoms with Crippen molar-refractivity contribution in [3.05, 3.63) is 28.5 Å². The third-order valence-corrected chi connectivity index (χ3v) is 6.56. The van der Waals surface area contributed by atoms with Crippen LogP contribution in [0.5, 0.6) is 0 Å². The van der Waals surface area contributed by atoms with Gasteiger partial charge in [0.25, 0.3) is 5.91 Å². The first-order valence-electron chi connectivity index (χ1n) is 10.3. The van der Waals surface area contributed by atoms with Gasteiger partial charge in [-0.25, -0.2) is 15.0 Å². The molecule has 1 unspecified atom stereocenters. The SMILES string of the molecule is CCNc1nc(C)c(C(=O)NC2CCN(c3nccc(C4CCOCC4)n3)C2)s1. The minimum absolute atomic E-state index is 0.0483. The van der Waals surface area contributed by atoms with Crippen LogP contribution < -0.4 is 15.5 Å². The highest BCUT2D eigenvalue weighted by atomic mass is 32.1. The normalized spacial score (nSPS) is 20.1. The van der Waals surface area contributed by atoms with E-state index in [4.69, 9.17) is 9.72 Å². The molecule has 2 N–H and O–H groups in total. The molecule has 4 heterocycles. The van der Waals surface area contributed by atoms with Gasteiger partial charge in [0, 0.05) is 56.7 Å². The van der Waals surface area contributed by atoms with Crippen molar-refractivity contribution in [2.75, 3.05) is 43.1 Å². The van der Waals surface area contributed by atoms with Gasteiger partial charge in [0.15, 0.2) is 5.13 Å². The van der Waals surface area contributed by atoms with Gasteiger partial charge in [-0.15, -0.1) is 0 Å². The van der Waals surface area contributed by atoms with E-state index in [1.165, 1.54) is 11.3 Å². The van der Waals surface area contributed by atoms with E-state index in [0.717, 1.165) is 74.6 Å². The number of aryl methyl sites for hydroxylation is 1. The van der Waals surface area contributed by atoms with Gasteiger partial charge in [0.1, 0.15) is 4.88 Å². The molecule has 2 fully saturated rings. The Bertz CT molecular complexity index is 851. The number of carbonyl (C=O) groups excluding carboxylic acids is 1. The Hall–Kier alpha value is -2.26. The lowest BCUT2D eigenvalue weighted by atomic mass is 9.96. The van der Waals surface area contributed by atoms with Gasteiger partial charge >= 0.3 is 0 Å². The van der Waals surface area contributed by atoms with E-state index in [1.807, 2.05) is 26.1 Å². The number of thiazole rings is 1. The van der Waals surface area contributed by atoms with Crippen LogP contribution in [0, 0.1) is 6.92 Å². The summed E-state index contributed by atoms with van der Waals surface area (Å²) in [5.41, 5.74) is 1.87. The van der Waals surface area contributed by atoms with Crippen LogP contribution in [0.25, 0.3) is 0 Å². The fourth-order valence-electron chi connectivity index (χ4n) is 3.88. The quantitative estimate of drug-likeness (QED) is 0.748. The standard InChI is InChI=1S/C20H28N6O2S/c1-3-21-20-23-13(2)17(29-20)18(27)24-15-5-9-26(12-15)19-22-8-4-16(25-19)14-6-10-28-11-7-14/h4,8,14-15H,3,5-7,9-12H2,1-2H3,(H,21,23)(H,24,27). The average Bonchev–Trinajstić information content (AvgIpc) is 3.35. The van der Waals surface area contributed by atoms with Crippen molar-refractivity contribution < 1.29 is 9.53 Å². The number of hydrogen-bond acceptors (Lipinski definition) is 8. The van der Waals surface area contributed by atoms with Gasteiger partial charge in [0.2, 0.25) is 5.95 Å². The maximum atomic E-state index is 12.7. The van der Waals surface area contributed by atoms with Crippen LogP contribution in [0.1, 0.15) is 53.2 Å². The van der Waals surface area contributed by atoms with Crippen molar-refractivity contribution in [3.8, 4) is 0 Å². The highest BCUT2D eigenvalue weighted by molar-refractivity contribution is 7.17.